The Labute approximate surface area is 233 Å². The smallest absolute Gasteiger partial charge is 0.169 e. The molecule has 0 aliphatic carbocycles. The maximum atomic E-state index is 4.73. The monoisotopic (exact) mass is 527 g/mol. The first-order chi connectivity index (χ1) is 19.8. The van der Waals surface area contributed by atoms with E-state index in [0.29, 0.717) is 0 Å². The van der Waals surface area contributed by atoms with Crippen LogP contribution in [0.15, 0.2) is 127 Å². The fourth-order valence-electron chi connectivity index (χ4n) is 6.21. The van der Waals surface area contributed by atoms with E-state index in [1.54, 1.807) is 0 Å². The van der Waals surface area contributed by atoms with Crippen molar-refractivity contribution in [1.29, 1.82) is 0 Å². The minimum absolute atomic E-state index is 0.857. The van der Waals surface area contributed by atoms with Crippen LogP contribution < -0.4 is 0 Å². The van der Waals surface area contributed by atoms with Crippen LogP contribution in [0.1, 0.15) is 0 Å². The van der Waals surface area contributed by atoms with Crippen molar-refractivity contribution in [1.82, 2.24) is 14.6 Å². The van der Waals surface area contributed by atoms with E-state index in [9.17, 15) is 0 Å². The van der Waals surface area contributed by atoms with Crippen LogP contribution in [0.4, 0.5) is 0 Å². The van der Waals surface area contributed by atoms with Crippen molar-refractivity contribution in [3.8, 4) is 22.5 Å². The summed E-state index contributed by atoms with van der Waals surface area (Å²) in [5.41, 5.74) is 5.55. The molecule has 0 fully saturated rings. The Bertz CT molecular complexity index is 2450. The molecular formula is C36H21N3S. The van der Waals surface area contributed by atoms with E-state index >= 15 is 0 Å². The first-order valence-corrected chi connectivity index (χ1v) is 14.2. The van der Waals surface area contributed by atoms with Gasteiger partial charge in [-0.2, -0.15) is 0 Å². The third kappa shape index (κ3) is 3.05. The van der Waals surface area contributed by atoms with Crippen molar-refractivity contribution in [3.63, 3.8) is 0 Å². The summed E-state index contributed by atoms with van der Waals surface area (Å²) in [7, 11) is 0. The second-order valence-corrected chi connectivity index (χ2v) is 11.4. The Hall–Kier alpha value is -5.06. The first-order valence-electron chi connectivity index (χ1n) is 13.4. The van der Waals surface area contributed by atoms with E-state index in [0.717, 1.165) is 27.9 Å². The van der Waals surface area contributed by atoms with Gasteiger partial charge in [0.2, 0.25) is 0 Å². The van der Waals surface area contributed by atoms with Gasteiger partial charge in [0.25, 0.3) is 0 Å². The Kier molecular flexibility index (Phi) is 4.48. The van der Waals surface area contributed by atoms with Crippen LogP contribution in [0, 0.1) is 0 Å². The van der Waals surface area contributed by atoms with E-state index in [-0.39, 0.29) is 0 Å². The Morgan fingerprint density at radius 3 is 2.10 bits per heavy atom. The van der Waals surface area contributed by atoms with E-state index in [1.165, 1.54) is 52.8 Å². The zero-order valence-electron chi connectivity index (χ0n) is 21.4. The van der Waals surface area contributed by atoms with Crippen molar-refractivity contribution in [2.45, 2.75) is 0 Å². The fraction of sp³-hybridized carbons (Fsp3) is 0. The van der Waals surface area contributed by atoms with E-state index in [1.807, 2.05) is 11.3 Å². The van der Waals surface area contributed by atoms with Crippen molar-refractivity contribution in [2.24, 2.45) is 0 Å². The number of hydrogen-bond donors (Lipinski definition) is 0. The van der Waals surface area contributed by atoms with Crippen molar-refractivity contribution in [3.05, 3.63) is 127 Å². The molecule has 0 aliphatic rings. The highest BCUT2D eigenvalue weighted by Gasteiger charge is 2.16. The average Bonchev–Trinajstić information content (AvgIpc) is 3.63. The Balaban J connectivity index is 1.27. The number of para-hydroxylation sites is 1. The summed E-state index contributed by atoms with van der Waals surface area (Å²) >= 11 is 1.87. The Morgan fingerprint density at radius 2 is 1.20 bits per heavy atom. The van der Waals surface area contributed by atoms with Crippen LogP contribution in [0.25, 0.3) is 80.8 Å². The van der Waals surface area contributed by atoms with Crippen molar-refractivity contribution >= 4 is 69.6 Å². The molecule has 40 heavy (non-hydrogen) atoms. The van der Waals surface area contributed by atoms with E-state index in [2.05, 4.69) is 137 Å². The van der Waals surface area contributed by atoms with Gasteiger partial charge in [0, 0.05) is 36.5 Å². The first kappa shape index (κ1) is 21.8. The number of nitrogens with zero attached hydrogens (tertiary/aromatic N) is 3. The predicted octanol–water partition coefficient (Wildman–Crippen LogP) is 9.89. The molecule has 0 bridgehead atoms. The predicted molar refractivity (Wildman–Crippen MR) is 169 cm³/mol. The summed E-state index contributed by atoms with van der Waals surface area (Å²) in [5.74, 6) is 0.857. The summed E-state index contributed by atoms with van der Waals surface area (Å²) in [5, 5.41) is 18.0. The van der Waals surface area contributed by atoms with Crippen LogP contribution in [0.2, 0.25) is 0 Å². The molecule has 9 rings (SSSR count). The maximum absolute atomic E-state index is 4.73. The van der Waals surface area contributed by atoms with Gasteiger partial charge in [0.05, 0.1) is 5.52 Å². The van der Waals surface area contributed by atoms with Gasteiger partial charge in [-0.05, 0) is 51.6 Å². The van der Waals surface area contributed by atoms with Crippen LogP contribution in [-0.4, -0.2) is 14.6 Å². The minimum Gasteiger partial charge on any atom is -0.274 e. The molecule has 3 aromatic heterocycles. The number of rotatable bonds is 2. The lowest BCUT2D eigenvalue weighted by Gasteiger charge is -2.10. The molecule has 0 aliphatic heterocycles. The minimum atomic E-state index is 0.857. The van der Waals surface area contributed by atoms with Gasteiger partial charge in [-0.3, -0.25) is 4.40 Å². The van der Waals surface area contributed by atoms with Crippen LogP contribution in [0.3, 0.4) is 0 Å². The summed E-state index contributed by atoms with van der Waals surface area (Å²) in [6, 6.07) is 45.7. The van der Waals surface area contributed by atoms with Gasteiger partial charge < -0.3 is 0 Å². The summed E-state index contributed by atoms with van der Waals surface area (Å²) < 4.78 is 4.87. The molecular weight excluding hydrogens is 506 g/mol. The second kappa shape index (κ2) is 8.22. The van der Waals surface area contributed by atoms with Gasteiger partial charge in [0.15, 0.2) is 11.5 Å². The van der Waals surface area contributed by atoms with Gasteiger partial charge in [-0.25, -0.2) is 0 Å². The van der Waals surface area contributed by atoms with Gasteiger partial charge >= 0.3 is 0 Å². The lowest BCUT2D eigenvalue weighted by molar-refractivity contribution is 1.12. The SMILES string of the molecule is c1ccc2c(c1)sc1c(-c3ccc4ccc(-c5nnc6c7ccccc7c7ccccc7n56)cc4c3)cccc12. The number of fused-ring (bicyclic) bond motifs is 10. The normalized spacial score (nSPS) is 12.0. The molecule has 186 valence electrons. The van der Waals surface area contributed by atoms with Crippen molar-refractivity contribution in [2.75, 3.05) is 0 Å². The van der Waals surface area contributed by atoms with Crippen LogP contribution in [0.5, 0.6) is 0 Å². The zero-order valence-corrected chi connectivity index (χ0v) is 22.2. The molecule has 0 unspecified atom stereocenters. The molecule has 0 saturated carbocycles. The second-order valence-electron chi connectivity index (χ2n) is 10.3. The largest absolute Gasteiger partial charge is 0.274 e. The van der Waals surface area contributed by atoms with Gasteiger partial charge in [-0.15, -0.1) is 21.5 Å². The lowest BCUT2D eigenvalue weighted by Crippen LogP contribution is -1.94. The zero-order chi connectivity index (χ0) is 26.2. The lowest BCUT2D eigenvalue weighted by atomic mass is 9.98. The molecule has 0 atom stereocenters. The highest BCUT2D eigenvalue weighted by atomic mass is 32.1. The third-order valence-corrected chi connectivity index (χ3v) is 9.30. The quantitative estimate of drug-likeness (QED) is 0.209. The highest BCUT2D eigenvalue weighted by Crippen LogP contribution is 2.40. The molecule has 9 aromatic rings. The number of aromatic nitrogens is 3. The topological polar surface area (TPSA) is 30.2 Å². The number of hydrogen-bond acceptors (Lipinski definition) is 3. The standard InChI is InChI=1S/C36H21N3S/c1-2-11-31-27(8-1)28-9-3-5-14-32(28)39-35(37-38-36(31)39)24-19-17-22-16-18-23(20-25(22)21-24)26-12-7-13-30-29-10-4-6-15-33(29)40-34(26)30/h1-21H. The summed E-state index contributed by atoms with van der Waals surface area (Å²) in [6.45, 7) is 0. The van der Waals surface area contributed by atoms with E-state index < -0.39 is 0 Å². The van der Waals surface area contributed by atoms with E-state index in [4.69, 9.17) is 5.10 Å². The Morgan fingerprint density at radius 1 is 0.500 bits per heavy atom. The molecule has 3 nitrogen and oxygen atoms in total. The molecule has 0 saturated heterocycles. The number of pyridine rings is 1. The fourth-order valence-corrected chi connectivity index (χ4v) is 7.45. The summed E-state index contributed by atoms with van der Waals surface area (Å²) in [4.78, 5) is 0. The molecule has 0 radical (unpaired) electrons. The summed E-state index contributed by atoms with van der Waals surface area (Å²) in [6.07, 6.45) is 0. The molecule has 0 spiro atoms. The highest BCUT2D eigenvalue weighted by molar-refractivity contribution is 7.26. The number of thiophene rings is 1. The van der Waals surface area contributed by atoms with Crippen LogP contribution >= 0.6 is 11.3 Å². The maximum Gasteiger partial charge on any atom is 0.169 e. The molecule has 6 aromatic carbocycles. The average molecular weight is 528 g/mol. The van der Waals surface area contributed by atoms with Gasteiger partial charge in [0.1, 0.15) is 0 Å². The van der Waals surface area contributed by atoms with Crippen molar-refractivity contribution < 1.29 is 0 Å². The molecule has 4 heteroatoms. The van der Waals surface area contributed by atoms with Crippen LogP contribution in [-0.2, 0) is 0 Å². The molecule has 3 heterocycles. The molecule has 0 amide bonds. The third-order valence-electron chi connectivity index (χ3n) is 8.08. The van der Waals surface area contributed by atoms with Gasteiger partial charge in [-0.1, -0.05) is 103 Å². The molecule has 0 N–H and O–H groups in total. The number of benzene rings is 6.